The number of hydrogen-bond acceptors (Lipinski definition) is 3. The van der Waals surface area contributed by atoms with Crippen LogP contribution in [0.25, 0.3) is 0 Å². The van der Waals surface area contributed by atoms with E-state index in [1.807, 2.05) is 37.5 Å². The highest BCUT2D eigenvalue weighted by atomic mass is 32.2. The van der Waals surface area contributed by atoms with Crippen LogP contribution in [0.2, 0.25) is 0 Å². The van der Waals surface area contributed by atoms with Crippen molar-refractivity contribution >= 4 is 11.8 Å². The fourth-order valence-electron chi connectivity index (χ4n) is 1.71. The van der Waals surface area contributed by atoms with Crippen LogP contribution in [0.4, 0.5) is 0 Å². The summed E-state index contributed by atoms with van der Waals surface area (Å²) in [6.07, 6.45) is 5.68. The van der Waals surface area contributed by atoms with E-state index in [1.54, 1.807) is 0 Å². The van der Waals surface area contributed by atoms with Gasteiger partial charge in [-0.3, -0.25) is 0 Å². The molecule has 96 valence electrons. The van der Waals surface area contributed by atoms with Crippen molar-refractivity contribution in [3.05, 3.63) is 48.5 Å². The van der Waals surface area contributed by atoms with Gasteiger partial charge in [0.25, 0.3) is 0 Å². The average Bonchev–Trinajstić information content (AvgIpc) is 2.92. The molecular formula is C14H19N3S. The molecule has 3 nitrogen and oxygen atoms in total. The molecule has 2 aromatic rings. The Balaban J connectivity index is 1.83. The summed E-state index contributed by atoms with van der Waals surface area (Å²) in [5.74, 6) is 1.07. The maximum atomic E-state index is 4.03. The molecule has 2 rings (SSSR count). The molecule has 1 aromatic carbocycles. The van der Waals surface area contributed by atoms with Gasteiger partial charge in [-0.15, -0.1) is 11.8 Å². The molecule has 0 bridgehead atoms. The minimum atomic E-state index is 0.412. The first kappa shape index (κ1) is 13.2. The second kappa shape index (κ2) is 6.61. The molecule has 0 radical (unpaired) electrons. The molecule has 0 saturated heterocycles. The Morgan fingerprint density at radius 2 is 2.11 bits per heavy atom. The van der Waals surface area contributed by atoms with E-state index in [4.69, 9.17) is 0 Å². The molecule has 1 unspecified atom stereocenters. The Bertz CT molecular complexity index is 450. The predicted molar refractivity (Wildman–Crippen MR) is 76.9 cm³/mol. The molecule has 0 amide bonds. The number of nitrogens with zero attached hydrogens (tertiary/aromatic N) is 2. The average molecular weight is 261 g/mol. The Kier molecular flexibility index (Phi) is 4.84. The van der Waals surface area contributed by atoms with E-state index in [2.05, 4.69) is 46.1 Å². The topological polar surface area (TPSA) is 29.9 Å². The van der Waals surface area contributed by atoms with E-state index in [0.717, 1.165) is 12.3 Å². The van der Waals surface area contributed by atoms with Crippen LogP contribution in [0.1, 0.15) is 18.5 Å². The number of hydrogen-bond donors (Lipinski definition) is 1. The first-order valence-electron chi connectivity index (χ1n) is 6.15. The third-order valence-corrected chi connectivity index (χ3v) is 3.98. The standard InChI is InChI=1S/C14H19N3S/c1-12(15-2)13-3-5-14(6-4-13)18-10-9-17-8-7-16-11-17/h3-8,11-12,15H,9-10H2,1-2H3. The Labute approximate surface area is 113 Å². The highest BCUT2D eigenvalue weighted by molar-refractivity contribution is 7.99. The van der Waals surface area contributed by atoms with Gasteiger partial charge in [0.05, 0.1) is 6.33 Å². The molecule has 0 aliphatic heterocycles. The van der Waals surface area contributed by atoms with Crippen molar-refractivity contribution in [3.63, 3.8) is 0 Å². The van der Waals surface area contributed by atoms with Crippen LogP contribution in [0.3, 0.4) is 0 Å². The quantitative estimate of drug-likeness (QED) is 0.811. The predicted octanol–water partition coefficient (Wildman–Crippen LogP) is 2.96. The maximum absolute atomic E-state index is 4.03. The number of imidazole rings is 1. The minimum Gasteiger partial charge on any atom is -0.337 e. The smallest absolute Gasteiger partial charge is 0.0946 e. The van der Waals surface area contributed by atoms with E-state index >= 15 is 0 Å². The lowest BCUT2D eigenvalue weighted by molar-refractivity contribution is 0.652. The number of rotatable bonds is 6. The van der Waals surface area contributed by atoms with E-state index < -0.39 is 0 Å². The van der Waals surface area contributed by atoms with Crippen molar-refractivity contribution in [3.8, 4) is 0 Å². The molecule has 18 heavy (non-hydrogen) atoms. The van der Waals surface area contributed by atoms with Gasteiger partial charge in [0.2, 0.25) is 0 Å². The summed E-state index contributed by atoms with van der Waals surface area (Å²) in [5.41, 5.74) is 1.33. The molecule has 0 saturated carbocycles. The van der Waals surface area contributed by atoms with Crippen molar-refractivity contribution < 1.29 is 0 Å². The van der Waals surface area contributed by atoms with Gasteiger partial charge < -0.3 is 9.88 Å². The third-order valence-electron chi connectivity index (χ3n) is 2.99. The third kappa shape index (κ3) is 3.62. The number of aromatic nitrogens is 2. The summed E-state index contributed by atoms with van der Waals surface area (Å²) in [5, 5.41) is 3.25. The molecule has 1 aromatic heterocycles. The first-order chi connectivity index (χ1) is 8.79. The second-order valence-corrected chi connectivity index (χ2v) is 5.40. The van der Waals surface area contributed by atoms with Crippen molar-refractivity contribution in [1.29, 1.82) is 0 Å². The van der Waals surface area contributed by atoms with Crippen LogP contribution in [-0.2, 0) is 6.54 Å². The van der Waals surface area contributed by atoms with E-state index in [9.17, 15) is 0 Å². The van der Waals surface area contributed by atoms with Gasteiger partial charge in [-0.1, -0.05) is 12.1 Å². The van der Waals surface area contributed by atoms with Crippen molar-refractivity contribution in [1.82, 2.24) is 14.9 Å². The Morgan fingerprint density at radius 3 is 2.72 bits per heavy atom. The van der Waals surface area contributed by atoms with E-state index in [-0.39, 0.29) is 0 Å². The molecule has 0 fully saturated rings. The molecule has 0 aliphatic rings. The van der Waals surface area contributed by atoms with Crippen molar-refractivity contribution in [2.75, 3.05) is 12.8 Å². The van der Waals surface area contributed by atoms with Crippen LogP contribution in [0, 0.1) is 0 Å². The molecule has 0 spiro atoms. The van der Waals surface area contributed by atoms with Crippen LogP contribution in [0.15, 0.2) is 47.9 Å². The SMILES string of the molecule is CNC(C)c1ccc(SCCn2ccnc2)cc1. The first-order valence-corrected chi connectivity index (χ1v) is 7.14. The van der Waals surface area contributed by atoms with Crippen molar-refractivity contribution in [2.24, 2.45) is 0 Å². The van der Waals surface area contributed by atoms with Crippen LogP contribution in [-0.4, -0.2) is 22.4 Å². The van der Waals surface area contributed by atoms with Gasteiger partial charge in [-0.25, -0.2) is 4.98 Å². The fourth-order valence-corrected chi connectivity index (χ4v) is 2.57. The zero-order valence-electron chi connectivity index (χ0n) is 10.8. The molecule has 1 N–H and O–H groups in total. The summed E-state index contributed by atoms with van der Waals surface area (Å²) in [7, 11) is 1.98. The lowest BCUT2D eigenvalue weighted by Gasteiger charge is -2.11. The van der Waals surface area contributed by atoms with Crippen LogP contribution < -0.4 is 5.32 Å². The summed E-state index contributed by atoms with van der Waals surface area (Å²) in [6.45, 7) is 3.17. The number of thioether (sulfide) groups is 1. The largest absolute Gasteiger partial charge is 0.337 e. The van der Waals surface area contributed by atoms with Crippen LogP contribution in [0.5, 0.6) is 0 Å². The molecule has 4 heteroatoms. The van der Waals surface area contributed by atoms with Gasteiger partial charge >= 0.3 is 0 Å². The number of benzene rings is 1. The summed E-state index contributed by atoms with van der Waals surface area (Å²) in [6, 6.07) is 9.19. The Morgan fingerprint density at radius 1 is 1.33 bits per heavy atom. The number of aryl methyl sites for hydroxylation is 1. The second-order valence-electron chi connectivity index (χ2n) is 4.23. The Hall–Kier alpha value is -1.26. The lowest BCUT2D eigenvalue weighted by Crippen LogP contribution is -2.11. The molecule has 1 heterocycles. The molecular weight excluding hydrogens is 242 g/mol. The normalized spacial score (nSPS) is 12.6. The lowest BCUT2D eigenvalue weighted by atomic mass is 10.1. The number of nitrogens with one attached hydrogen (secondary N) is 1. The maximum Gasteiger partial charge on any atom is 0.0946 e. The van der Waals surface area contributed by atoms with E-state index in [0.29, 0.717) is 6.04 Å². The van der Waals surface area contributed by atoms with Gasteiger partial charge in [-0.2, -0.15) is 0 Å². The molecule has 1 atom stereocenters. The van der Waals surface area contributed by atoms with Gasteiger partial charge in [0, 0.05) is 35.6 Å². The summed E-state index contributed by atoms with van der Waals surface area (Å²) in [4.78, 5) is 5.36. The van der Waals surface area contributed by atoms with Gasteiger partial charge in [0.15, 0.2) is 0 Å². The highest BCUT2D eigenvalue weighted by Gasteiger charge is 2.02. The summed E-state index contributed by atoms with van der Waals surface area (Å²) < 4.78 is 2.10. The zero-order valence-corrected chi connectivity index (χ0v) is 11.7. The van der Waals surface area contributed by atoms with Crippen LogP contribution >= 0.6 is 11.8 Å². The fraction of sp³-hybridized carbons (Fsp3) is 0.357. The van der Waals surface area contributed by atoms with Gasteiger partial charge in [-0.05, 0) is 31.7 Å². The van der Waals surface area contributed by atoms with Crippen molar-refractivity contribution in [2.45, 2.75) is 24.4 Å². The minimum absolute atomic E-state index is 0.412. The van der Waals surface area contributed by atoms with Gasteiger partial charge in [0.1, 0.15) is 0 Å². The van der Waals surface area contributed by atoms with E-state index in [1.165, 1.54) is 10.5 Å². The zero-order chi connectivity index (χ0) is 12.8. The highest BCUT2D eigenvalue weighted by Crippen LogP contribution is 2.21. The monoisotopic (exact) mass is 261 g/mol. The molecule has 0 aliphatic carbocycles. The summed E-state index contributed by atoms with van der Waals surface area (Å²) >= 11 is 1.88.